The highest BCUT2D eigenvalue weighted by molar-refractivity contribution is 5.73. The van der Waals surface area contributed by atoms with Gasteiger partial charge in [-0.25, -0.2) is 0 Å². The van der Waals surface area contributed by atoms with Gasteiger partial charge in [0.15, 0.2) is 6.29 Å². The number of nitrogens with two attached hydrogens (primary N) is 2. The Kier molecular flexibility index (Phi) is 4.53. The van der Waals surface area contributed by atoms with E-state index in [4.69, 9.17) is 11.5 Å². The number of anilines is 2. The minimum absolute atomic E-state index is 0.618. The molecule has 0 saturated heterocycles. The van der Waals surface area contributed by atoms with E-state index in [0.717, 1.165) is 17.7 Å². The van der Waals surface area contributed by atoms with Gasteiger partial charge in [0.25, 0.3) is 0 Å². The molecule has 0 bridgehead atoms. The summed E-state index contributed by atoms with van der Waals surface area (Å²) < 4.78 is 0. The van der Waals surface area contributed by atoms with E-state index in [1.165, 1.54) is 6.20 Å². The van der Waals surface area contributed by atoms with E-state index in [9.17, 15) is 4.79 Å². The third-order valence-corrected chi connectivity index (χ3v) is 1.76. The van der Waals surface area contributed by atoms with Crippen molar-refractivity contribution in [3.63, 3.8) is 0 Å². The number of rotatable bonds is 1. The Hall–Kier alpha value is -2.36. The van der Waals surface area contributed by atoms with E-state index < -0.39 is 0 Å². The number of aldehydes is 1. The lowest BCUT2D eigenvalue weighted by molar-refractivity contribution is 0.112. The van der Waals surface area contributed by atoms with Gasteiger partial charge in [-0.05, 0) is 36.4 Å². The molecule has 4 N–H and O–H groups in total. The third kappa shape index (κ3) is 4.23. The molecule has 0 aliphatic rings. The van der Waals surface area contributed by atoms with Crippen LogP contribution in [-0.4, -0.2) is 11.3 Å². The summed E-state index contributed by atoms with van der Waals surface area (Å²) >= 11 is 0. The average molecular weight is 215 g/mol. The van der Waals surface area contributed by atoms with Crippen molar-refractivity contribution in [2.75, 3.05) is 11.5 Å². The molecule has 0 aliphatic heterocycles. The van der Waals surface area contributed by atoms with Crippen LogP contribution in [0.5, 0.6) is 0 Å². The van der Waals surface area contributed by atoms with Crippen molar-refractivity contribution >= 4 is 17.7 Å². The zero-order chi connectivity index (χ0) is 11.8. The summed E-state index contributed by atoms with van der Waals surface area (Å²) in [6.07, 6.45) is 3.92. The number of aromatic nitrogens is 1. The SMILES string of the molecule is Nc1ccc(N)cc1.O=Cc1cccnc1. The minimum Gasteiger partial charge on any atom is -0.399 e. The Morgan fingerprint density at radius 1 is 1.00 bits per heavy atom. The summed E-state index contributed by atoms with van der Waals surface area (Å²) in [5.41, 5.74) is 12.9. The van der Waals surface area contributed by atoms with E-state index in [2.05, 4.69) is 4.98 Å². The van der Waals surface area contributed by atoms with Gasteiger partial charge in [-0.15, -0.1) is 0 Å². The summed E-state index contributed by atoms with van der Waals surface area (Å²) in [6.45, 7) is 0. The van der Waals surface area contributed by atoms with Gasteiger partial charge in [0, 0.05) is 29.3 Å². The molecule has 4 nitrogen and oxygen atoms in total. The van der Waals surface area contributed by atoms with Gasteiger partial charge in [-0.2, -0.15) is 0 Å². The van der Waals surface area contributed by atoms with Crippen molar-refractivity contribution in [1.82, 2.24) is 4.98 Å². The van der Waals surface area contributed by atoms with Crippen molar-refractivity contribution in [3.05, 3.63) is 54.4 Å². The quantitative estimate of drug-likeness (QED) is 0.560. The highest BCUT2D eigenvalue weighted by Crippen LogP contribution is 2.04. The predicted molar refractivity (Wildman–Crippen MR) is 64.9 cm³/mol. The largest absolute Gasteiger partial charge is 0.399 e. The Bertz CT molecular complexity index is 405. The first-order chi connectivity index (χ1) is 7.72. The lowest BCUT2D eigenvalue weighted by Crippen LogP contribution is -1.86. The molecule has 2 rings (SSSR count). The number of pyridine rings is 1. The van der Waals surface area contributed by atoms with Crippen LogP contribution >= 0.6 is 0 Å². The number of hydrogen-bond donors (Lipinski definition) is 2. The molecule has 82 valence electrons. The van der Waals surface area contributed by atoms with E-state index in [0.29, 0.717) is 5.56 Å². The first-order valence-corrected chi connectivity index (χ1v) is 4.68. The molecule has 0 fully saturated rings. The summed E-state index contributed by atoms with van der Waals surface area (Å²) in [4.78, 5) is 13.7. The second kappa shape index (κ2) is 6.19. The van der Waals surface area contributed by atoms with Crippen LogP contribution < -0.4 is 11.5 Å². The highest BCUT2D eigenvalue weighted by Gasteiger charge is 1.81. The summed E-state index contributed by atoms with van der Waals surface area (Å²) in [7, 11) is 0. The van der Waals surface area contributed by atoms with Gasteiger partial charge in [0.05, 0.1) is 0 Å². The smallest absolute Gasteiger partial charge is 0.151 e. The molecular formula is C12H13N3O. The minimum atomic E-state index is 0.618. The summed E-state index contributed by atoms with van der Waals surface area (Å²) in [6, 6.07) is 10.5. The first kappa shape index (κ1) is 11.7. The Labute approximate surface area is 93.9 Å². The first-order valence-electron chi connectivity index (χ1n) is 4.68. The summed E-state index contributed by atoms with van der Waals surface area (Å²) in [5, 5.41) is 0. The van der Waals surface area contributed by atoms with Crippen molar-refractivity contribution in [2.24, 2.45) is 0 Å². The third-order valence-electron chi connectivity index (χ3n) is 1.76. The molecule has 0 unspecified atom stereocenters. The van der Waals surface area contributed by atoms with Crippen LogP contribution in [0.2, 0.25) is 0 Å². The van der Waals surface area contributed by atoms with Crippen molar-refractivity contribution in [2.45, 2.75) is 0 Å². The molecule has 4 heteroatoms. The van der Waals surface area contributed by atoms with Crippen LogP contribution in [0.15, 0.2) is 48.8 Å². The number of nitrogen functional groups attached to an aromatic ring is 2. The van der Waals surface area contributed by atoms with Crippen molar-refractivity contribution < 1.29 is 4.79 Å². The van der Waals surface area contributed by atoms with Crippen LogP contribution in [-0.2, 0) is 0 Å². The van der Waals surface area contributed by atoms with E-state index in [1.807, 2.05) is 0 Å². The number of nitrogens with zero attached hydrogens (tertiary/aromatic N) is 1. The molecule has 0 radical (unpaired) electrons. The fourth-order valence-electron chi connectivity index (χ4n) is 0.942. The number of benzene rings is 1. The molecule has 0 amide bonds. The van der Waals surface area contributed by atoms with Crippen molar-refractivity contribution in [1.29, 1.82) is 0 Å². The number of hydrogen-bond acceptors (Lipinski definition) is 4. The van der Waals surface area contributed by atoms with Gasteiger partial charge in [0.1, 0.15) is 0 Å². The monoisotopic (exact) mass is 215 g/mol. The van der Waals surface area contributed by atoms with Crippen LogP contribution in [0.4, 0.5) is 11.4 Å². The van der Waals surface area contributed by atoms with Gasteiger partial charge in [0.2, 0.25) is 0 Å². The van der Waals surface area contributed by atoms with E-state index in [-0.39, 0.29) is 0 Å². The van der Waals surface area contributed by atoms with E-state index in [1.54, 1.807) is 42.6 Å². The standard InChI is InChI=1S/C6H8N2.C6H5NO/c7-5-1-2-6(8)4-3-5;8-5-6-2-1-3-7-4-6/h1-4H,7-8H2;1-5H. The maximum atomic E-state index is 9.97. The Morgan fingerprint density at radius 3 is 1.88 bits per heavy atom. The zero-order valence-corrected chi connectivity index (χ0v) is 8.71. The maximum absolute atomic E-state index is 9.97. The van der Waals surface area contributed by atoms with Crippen molar-refractivity contribution in [3.8, 4) is 0 Å². The average Bonchev–Trinajstić information content (AvgIpc) is 2.35. The molecule has 0 aliphatic carbocycles. The molecule has 1 aromatic heterocycles. The molecule has 0 spiro atoms. The molecular weight excluding hydrogens is 202 g/mol. The highest BCUT2D eigenvalue weighted by atomic mass is 16.1. The van der Waals surface area contributed by atoms with E-state index >= 15 is 0 Å². The normalized spacial score (nSPS) is 8.75. The van der Waals surface area contributed by atoms with Gasteiger partial charge >= 0.3 is 0 Å². The number of carbonyl (C=O) groups excluding carboxylic acids is 1. The Morgan fingerprint density at radius 2 is 1.56 bits per heavy atom. The molecule has 0 atom stereocenters. The topological polar surface area (TPSA) is 82.0 Å². The molecule has 0 saturated carbocycles. The molecule has 1 heterocycles. The van der Waals surface area contributed by atoms with Crippen LogP contribution in [0, 0.1) is 0 Å². The maximum Gasteiger partial charge on any atom is 0.151 e. The molecule has 16 heavy (non-hydrogen) atoms. The van der Waals surface area contributed by atoms with Gasteiger partial charge in [-0.1, -0.05) is 0 Å². The molecule has 2 aromatic rings. The lowest BCUT2D eigenvalue weighted by Gasteiger charge is -1.90. The second-order valence-corrected chi connectivity index (χ2v) is 3.07. The van der Waals surface area contributed by atoms with Gasteiger partial charge in [-0.3, -0.25) is 9.78 Å². The second-order valence-electron chi connectivity index (χ2n) is 3.07. The van der Waals surface area contributed by atoms with Crippen LogP contribution in [0.3, 0.4) is 0 Å². The molecule has 1 aromatic carbocycles. The summed E-state index contributed by atoms with van der Waals surface area (Å²) in [5.74, 6) is 0. The van der Waals surface area contributed by atoms with Gasteiger partial charge < -0.3 is 11.5 Å². The predicted octanol–water partition coefficient (Wildman–Crippen LogP) is 1.75. The lowest BCUT2D eigenvalue weighted by atomic mass is 10.3. The zero-order valence-electron chi connectivity index (χ0n) is 8.71. The number of carbonyl (C=O) groups is 1. The fourth-order valence-corrected chi connectivity index (χ4v) is 0.942. The fraction of sp³-hybridized carbons (Fsp3) is 0. The van der Waals surface area contributed by atoms with Crippen LogP contribution in [0.25, 0.3) is 0 Å². The Balaban J connectivity index is 0.000000160. The van der Waals surface area contributed by atoms with Crippen LogP contribution in [0.1, 0.15) is 10.4 Å².